The van der Waals surface area contributed by atoms with E-state index in [2.05, 4.69) is 9.72 Å². The van der Waals surface area contributed by atoms with Crippen molar-refractivity contribution >= 4 is 29.1 Å². The number of thiazole rings is 1. The van der Waals surface area contributed by atoms with Crippen LogP contribution in [0.15, 0.2) is 0 Å². The molecule has 1 atom stereocenters. The van der Waals surface area contributed by atoms with Crippen molar-refractivity contribution in [1.82, 2.24) is 4.98 Å². The monoisotopic (exact) mass is 259 g/mol. The van der Waals surface area contributed by atoms with Gasteiger partial charge in [-0.1, -0.05) is 0 Å². The number of aryl methyl sites for hydroxylation is 1. The molecule has 16 heavy (non-hydrogen) atoms. The molecule has 1 aliphatic heterocycles. The number of hydrogen-bond donors (Lipinski definition) is 0. The summed E-state index contributed by atoms with van der Waals surface area (Å²) >= 11 is 3.37. The van der Waals surface area contributed by atoms with Gasteiger partial charge in [-0.25, -0.2) is 9.78 Å². The number of aromatic nitrogens is 1. The number of carbonyl (C=O) groups is 1. The fourth-order valence-electron chi connectivity index (χ4n) is 1.47. The zero-order chi connectivity index (χ0) is 11.5. The first kappa shape index (κ1) is 11.9. The minimum Gasteiger partial charge on any atom is -0.464 e. The molecule has 88 valence electrons. The number of carbonyl (C=O) groups excluding carboxylic acids is 1. The van der Waals surface area contributed by atoms with Gasteiger partial charge in [-0.2, -0.15) is 11.8 Å². The number of methoxy groups -OCH3 is 1. The number of hydrogen-bond acceptors (Lipinski definition) is 6. The Morgan fingerprint density at radius 3 is 3.06 bits per heavy atom. The van der Waals surface area contributed by atoms with Crippen LogP contribution in [0.25, 0.3) is 0 Å². The molecule has 0 bridgehead atoms. The molecule has 0 aliphatic carbocycles. The standard InChI is InChI=1S/C10H13NO3S2/c1-6-8(10(12)13-2)11-9(16-6)7-5-15-4-3-14-7/h7H,3-5H2,1-2H3. The molecule has 1 aliphatic rings. The van der Waals surface area contributed by atoms with Crippen LogP contribution in [0, 0.1) is 6.92 Å². The number of rotatable bonds is 2. The molecule has 0 spiro atoms. The van der Waals surface area contributed by atoms with E-state index >= 15 is 0 Å². The zero-order valence-corrected chi connectivity index (χ0v) is 10.8. The highest BCUT2D eigenvalue weighted by molar-refractivity contribution is 7.99. The molecular formula is C10H13NO3S2. The average Bonchev–Trinajstić information content (AvgIpc) is 2.71. The van der Waals surface area contributed by atoms with Gasteiger partial charge in [0.25, 0.3) is 0 Å². The highest BCUT2D eigenvalue weighted by Gasteiger charge is 2.23. The van der Waals surface area contributed by atoms with Gasteiger partial charge in [0.05, 0.1) is 13.7 Å². The molecule has 0 radical (unpaired) electrons. The van der Waals surface area contributed by atoms with E-state index in [1.165, 1.54) is 18.4 Å². The fraction of sp³-hybridized carbons (Fsp3) is 0.600. The summed E-state index contributed by atoms with van der Waals surface area (Å²) in [6, 6.07) is 0. The molecule has 4 nitrogen and oxygen atoms in total. The lowest BCUT2D eigenvalue weighted by Crippen LogP contribution is -2.15. The maximum atomic E-state index is 11.4. The van der Waals surface area contributed by atoms with Crippen molar-refractivity contribution in [2.45, 2.75) is 13.0 Å². The summed E-state index contributed by atoms with van der Waals surface area (Å²) in [6.07, 6.45) is 0.0286. The summed E-state index contributed by atoms with van der Waals surface area (Å²) in [5.41, 5.74) is 0.418. The van der Waals surface area contributed by atoms with E-state index in [9.17, 15) is 4.79 Å². The van der Waals surface area contributed by atoms with Crippen LogP contribution in [0.2, 0.25) is 0 Å². The zero-order valence-electron chi connectivity index (χ0n) is 9.19. The number of thioether (sulfide) groups is 1. The Morgan fingerprint density at radius 1 is 1.62 bits per heavy atom. The summed E-state index contributed by atoms with van der Waals surface area (Å²) in [7, 11) is 1.37. The Balaban J connectivity index is 2.19. The van der Waals surface area contributed by atoms with Crippen LogP contribution in [0.5, 0.6) is 0 Å². The Morgan fingerprint density at radius 2 is 2.44 bits per heavy atom. The summed E-state index contributed by atoms with van der Waals surface area (Å²) < 4.78 is 10.3. The van der Waals surface area contributed by atoms with E-state index in [1.807, 2.05) is 18.7 Å². The summed E-state index contributed by atoms with van der Waals surface area (Å²) in [5, 5.41) is 0.880. The molecule has 0 N–H and O–H groups in total. The summed E-state index contributed by atoms with van der Waals surface area (Å²) in [4.78, 5) is 16.6. The third-order valence-electron chi connectivity index (χ3n) is 2.28. The maximum absolute atomic E-state index is 11.4. The third-order valence-corrected chi connectivity index (χ3v) is 4.34. The molecule has 6 heteroatoms. The van der Waals surface area contributed by atoms with Crippen LogP contribution < -0.4 is 0 Å². The molecule has 1 unspecified atom stereocenters. The lowest BCUT2D eigenvalue weighted by molar-refractivity contribution is 0.0590. The van der Waals surface area contributed by atoms with E-state index in [1.54, 1.807) is 0 Å². The minimum atomic E-state index is -0.372. The largest absolute Gasteiger partial charge is 0.464 e. The highest BCUT2D eigenvalue weighted by atomic mass is 32.2. The molecule has 0 amide bonds. The highest BCUT2D eigenvalue weighted by Crippen LogP contribution is 2.31. The first-order valence-corrected chi connectivity index (χ1v) is 6.94. The van der Waals surface area contributed by atoms with E-state index in [-0.39, 0.29) is 12.1 Å². The second-order valence-electron chi connectivity index (χ2n) is 3.38. The molecule has 0 saturated carbocycles. The third kappa shape index (κ3) is 2.39. The van der Waals surface area contributed by atoms with Crippen LogP contribution in [0.4, 0.5) is 0 Å². The van der Waals surface area contributed by atoms with Crippen molar-refractivity contribution in [2.75, 3.05) is 25.2 Å². The maximum Gasteiger partial charge on any atom is 0.357 e. The van der Waals surface area contributed by atoms with Gasteiger partial charge in [-0.3, -0.25) is 0 Å². The topological polar surface area (TPSA) is 48.4 Å². The van der Waals surface area contributed by atoms with Crippen LogP contribution >= 0.6 is 23.1 Å². The fourth-order valence-corrected chi connectivity index (χ4v) is 3.38. The summed E-state index contributed by atoms with van der Waals surface area (Å²) in [5.74, 6) is 1.57. The molecule has 2 heterocycles. The average molecular weight is 259 g/mol. The van der Waals surface area contributed by atoms with Gasteiger partial charge in [0, 0.05) is 16.4 Å². The second-order valence-corrected chi connectivity index (χ2v) is 5.77. The molecule has 1 fully saturated rings. The Labute approximate surface area is 102 Å². The quantitative estimate of drug-likeness (QED) is 0.761. The molecule has 2 rings (SSSR count). The Kier molecular flexibility index (Phi) is 3.83. The van der Waals surface area contributed by atoms with Crippen LogP contribution in [0.1, 0.15) is 26.5 Å². The first-order valence-electron chi connectivity index (χ1n) is 4.97. The van der Waals surface area contributed by atoms with Crippen molar-refractivity contribution in [3.63, 3.8) is 0 Å². The predicted molar refractivity (Wildman–Crippen MR) is 64.2 cm³/mol. The lowest BCUT2D eigenvalue weighted by atomic mass is 10.3. The molecule has 1 saturated heterocycles. The molecular weight excluding hydrogens is 246 g/mol. The second kappa shape index (κ2) is 5.16. The van der Waals surface area contributed by atoms with Crippen molar-refractivity contribution in [2.24, 2.45) is 0 Å². The van der Waals surface area contributed by atoms with E-state index in [0.29, 0.717) is 5.69 Å². The summed E-state index contributed by atoms with van der Waals surface area (Å²) in [6.45, 7) is 2.63. The van der Waals surface area contributed by atoms with Crippen molar-refractivity contribution in [3.05, 3.63) is 15.6 Å². The van der Waals surface area contributed by atoms with Gasteiger partial charge in [-0.05, 0) is 6.92 Å². The van der Waals surface area contributed by atoms with Crippen LogP contribution in [-0.2, 0) is 9.47 Å². The van der Waals surface area contributed by atoms with Crippen LogP contribution in [0.3, 0.4) is 0 Å². The lowest BCUT2D eigenvalue weighted by Gasteiger charge is -2.19. The van der Waals surface area contributed by atoms with E-state index < -0.39 is 0 Å². The number of nitrogens with zero attached hydrogens (tertiary/aromatic N) is 1. The molecule has 1 aromatic heterocycles. The Hall–Kier alpha value is -0.590. The van der Waals surface area contributed by atoms with Crippen molar-refractivity contribution in [1.29, 1.82) is 0 Å². The van der Waals surface area contributed by atoms with Gasteiger partial charge in [0.1, 0.15) is 11.1 Å². The van der Waals surface area contributed by atoms with Crippen LogP contribution in [-0.4, -0.2) is 36.2 Å². The number of esters is 1. The SMILES string of the molecule is COC(=O)c1nc(C2CSCCO2)sc1C. The van der Waals surface area contributed by atoms with E-state index in [4.69, 9.17) is 4.74 Å². The van der Waals surface area contributed by atoms with Crippen molar-refractivity contribution in [3.8, 4) is 0 Å². The molecule has 0 aromatic carbocycles. The molecule has 1 aromatic rings. The van der Waals surface area contributed by atoms with Gasteiger partial charge >= 0.3 is 5.97 Å². The van der Waals surface area contributed by atoms with Crippen molar-refractivity contribution < 1.29 is 14.3 Å². The first-order chi connectivity index (χ1) is 7.72. The minimum absolute atomic E-state index is 0.0286. The smallest absolute Gasteiger partial charge is 0.357 e. The van der Waals surface area contributed by atoms with Gasteiger partial charge in [-0.15, -0.1) is 11.3 Å². The number of ether oxygens (including phenoxy) is 2. The Bertz CT molecular complexity index is 385. The normalized spacial score (nSPS) is 20.8. The van der Waals surface area contributed by atoms with Gasteiger partial charge < -0.3 is 9.47 Å². The van der Waals surface area contributed by atoms with Gasteiger partial charge in [0.2, 0.25) is 0 Å². The van der Waals surface area contributed by atoms with Gasteiger partial charge in [0.15, 0.2) is 5.69 Å². The van der Waals surface area contributed by atoms with E-state index in [0.717, 1.165) is 28.0 Å². The predicted octanol–water partition coefficient (Wildman–Crippen LogP) is 2.04.